The number of Topliss-reactive ketones (excluding diaryl/α,β-unsaturated/α-hetero) is 1. The van der Waals surface area contributed by atoms with Gasteiger partial charge in [0.2, 0.25) is 0 Å². The quantitative estimate of drug-likeness (QED) is 0.174. The van der Waals surface area contributed by atoms with Gasteiger partial charge in [0.15, 0.2) is 5.13 Å². The van der Waals surface area contributed by atoms with Crippen molar-refractivity contribution in [3.05, 3.63) is 94.8 Å². The van der Waals surface area contributed by atoms with Crippen molar-refractivity contribution in [1.29, 1.82) is 0 Å². The predicted molar refractivity (Wildman–Crippen MR) is 142 cm³/mol. The number of fused-ring (bicyclic) bond motifs is 1. The van der Waals surface area contributed by atoms with Crippen LogP contribution in [-0.2, 0) is 16.0 Å². The molecule has 2 heterocycles. The van der Waals surface area contributed by atoms with Crippen molar-refractivity contribution in [1.82, 2.24) is 4.98 Å². The van der Waals surface area contributed by atoms with E-state index in [4.69, 9.17) is 4.74 Å². The Morgan fingerprint density at radius 2 is 1.78 bits per heavy atom. The summed E-state index contributed by atoms with van der Waals surface area (Å²) in [5.41, 5.74) is 2.64. The molecule has 0 spiro atoms. The maximum Gasteiger partial charge on any atom is 0.301 e. The number of aliphatic hydroxyl groups is 1. The number of halogens is 1. The summed E-state index contributed by atoms with van der Waals surface area (Å²) < 4.78 is 20.0. The van der Waals surface area contributed by atoms with Gasteiger partial charge in [0, 0.05) is 5.56 Å². The first kappa shape index (κ1) is 24.6. The molecule has 8 heteroatoms. The lowest BCUT2D eigenvalue weighted by atomic mass is 9.94. The van der Waals surface area contributed by atoms with Crippen LogP contribution in [0.25, 0.3) is 16.0 Å². The van der Waals surface area contributed by atoms with Crippen LogP contribution in [0, 0.1) is 5.82 Å². The molecule has 4 aromatic rings. The Morgan fingerprint density at radius 3 is 2.46 bits per heavy atom. The van der Waals surface area contributed by atoms with Crippen LogP contribution in [0.5, 0.6) is 5.75 Å². The van der Waals surface area contributed by atoms with E-state index in [1.54, 1.807) is 24.3 Å². The summed E-state index contributed by atoms with van der Waals surface area (Å²) in [4.78, 5) is 32.6. The molecule has 1 fully saturated rings. The lowest BCUT2D eigenvalue weighted by Crippen LogP contribution is -2.29. The standard InChI is InChI=1S/C29H25FN2O4S/c1-3-15-36-21-12-9-19(10-13-21)26(33)24-25(18-7-5-17(4-2)6-8-18)32(28(35)27(24)34)29-31-22-14-11-20(30)16-23(22)37-29/h5-14,16,25,33H,3-4,15H2,1-2H3. The number of carbonyl (C=O) groups is 2. The molecule has 0 aliphatic carbocycles. The Bertz CT molecular complexity index is 1510. The minimum absolute atomic E-state index is 0.0260. The van der Waals surface area contributed by atoms with Gasteiger partial charge in [-0.15, -0.1) is 0 Å². The maximum absolute atomic E-state index is 13.8. The number of ether oxygens (including phenoxy) is 1. The van der Waals surface area contributed by atoms with Crippen LogP contribution in [-0.4, -0.2) is 28.4 Å². The van der Waals surface area contributed by atoms with Gasteiger partial charge in [-0.05, 0) is 66.4 Å². The van der Waals surface area contributed by atoms with Crippen LogP contribution in [0.15, 0.2) is 72.3 Å². The van der Waals surface area contributed by atoms with Crippen LogP contribution in [0.1, 0.15) is 43.0 Å². The SMILES string of the molecule is CCCOc1ccc(C(O)=C2C(=O)C(=O)N(c3nc4ccc(F)cc4s3)C2c2ccc(CC)cc2)cc1. The van der Waals surface area contributed by atoms with E-state index in [9.17, 15) is 19.1 Å². The van der Waals surface area contributed by atoms with Gasteiger partial charge >= 0.3 is 5.91 Å². The molecule has 1 saturated heterocycles. The second kappa shape index (κ2) is 10.1. The number of benzene rings is 3. The zero-order chi connectivity index (χ0) is 26.1. The average Bonchev–Trinajstić information content (AvgIpc) is 3.45. The monoisotopic (exact) mass is 516 g/mol. The van der Waals surface area contributed by atoms with Gasteiger partial charge < -0.3 is 9.84 Å². The molecular formula is C29H25FN2O4S. The van der Waals surface area contributed by atoms with Crippen LogP contribution in [0.2, 0.25) is 0 Å². The molecule has 6 nitrogen and oxygen atoms in total. The van der Waals surface area contributed by atoms with E-state index in [-0.39, 0.29) is 16.5 Å². The summed E-state index contributed by atoms with van der Waals surface area (Å²) in [6.45, 7) is 4.61. The molecule has 1 aliphatic rings. The zero-order valence-electron chi connectivity index (χ0n) is 20.4. The van der Waals surface area contributed by atoms with Gasteiger partial charge in [0.25, 0.3) is 5.78 Å². The van der Waals surface area contributed by atoms with Gasteiger partial charge in [0.1, 0.15) is 17.3 Å². The van der Waals surface area contributed by atoms with E-state index < -0.39 is 23.5 Å². The molecule has 37 heavy (non-hydrogen) atoms. The lowest BCUT2D eigenvalue weighted by molar-refractivity contribution is -0.132. The zero-order valence-corrected chi connectivity index (χ0v) is 21.2. The highest BCUT2D eigenvalue weighted by Crippen LogP contribution is 2.44. The number of hydrogen-bond donors (Lipinski definition) is 1. The van der Waals surface area contributed by atoms with E-state index in [0.29, 0.717) is 33.7 Å². The van der Waals surface area contributed by atoms with Crippen LogP contribution < -0.4 is 9.64 Å². The number of hydrogen-bond acceptors (Lipinski definition) is 6. The van der Waals surface area contributed by atoms with Crippen LogP contribution in [0.3, 0.4) is 0 Å². The smallest absolute Gasteiger partial charge is 0.301 e. The van der Waals surface area contributed by atoms with E-state index in [1.807, 2.05) is 38.1 Å². The van der Waals surface area contributed by atoms with E-state index in [1.165, 1.54) is 23.1 Å². The minimum Gasteiger partial charge on any atom is -0.507 e. The van der Waals surface area contributed by atoms with Crippen molar-refractivity contribution in [2.24, 2.45) is 0 Å². The molecule has 0 bridgehead atoms. The van der Waals surface area contributed by atoms with Crippen molar-refractivity contribution in [2.45, 2.75) is 32.7 Å². The minimum atomic E-state index is -0.896. The van der Waals surface area contributed by atoms with Crippen molar-refractivity contribution < 1.29 is 23.8 Å². The second-order valence-electron chi connectivity index (χ2n) is 8.75. The third kappa shape index (κ3) is 4.60. The number of aliphatic hydroxyl groups excluding tert-OH is 1. The number of ketones is 1. The number of anilines is 1. The highest BCUT2D eigenvalue weighted by atomic mass is 32.1. The summed E-state index contributed by atoms with van der Waals surface area (Å²) in [7, 11) is 0. The molecule has 0 saturated carbocycles. The fraction of sp³-hybridized carbons (Fsp3) is 0.207. The number of amides is 1. The molecule has 1 N–H and O–H groups in total. The summed E-state index contributed by atoms with van der Waals surface area (Å²) in [6, 6.07) is 17.6. The molecule has 1 unspecified atom stereocenters. The fourth-order valence-corrected chi connectivity index (χ4v) is 5.37. The second-order valence-corrected chi connectivity index (χ2v) is 9.75. The van der Waals surface area contributed by atoms with Gasteiger partial charge in [0.05, 0.1) is 28.4 Å². The number of carbonyl (C=O) groups excluding carboxylic acids is 2. The molecule has 0 radical (unpaired) electrons. The van der Waals surface area contributed by atoms with Gasteiger partial charge in [-0.3, -0.25) is 14.5 Å². The number of aryl methyl sites for hydroxylation is 1. The Kier molecular flexibility index (Phi) is 6.76. The molecule has 1 atom stereocenters. The largest absolute Gasteiger partial charge is 0.507 e. The molecule has 188 valence electrons. The Hall–Kier alpha value is -4.04. The first-order valence-corrected chi connectivity index (χ1v) is 12.9. The summed E-state index contributed by atoms with van der Waals surface area (Å²) in [5, 5.41) is 11.6. The Balaban J connectivity index is 1.64. The molecule has 1 aliphatic heterocycles. The van der Waals surface area contributed by atoms with Crippen LogP contribution >= 0.6 is 11.3 Å². The average molecular weight is 517 g/mol. The third-order valence-electron chi connectivity index (χ3n) is 6.29. The summed E-state index contributed by atoms with van der Waals surface area (Å²) in [6.07, 6.45) is 1.69. The Morgan fingerprint density at radius 1 is 1.05 bits per heavy atom. The highest BCUT2D eigenvalue weighted by molar-refractivity contribution is 7.22. The van der Waals surface area contributed by atoms with E-state index >= 15 is 0 Å². The number of rotatable bonds is 7. The van der Waals surface area contributed by atoms with Gasteiger partial charge in [-0.25, -0.2) is 9.37 Å². The molecule has 3 aromatic carbocycles. The topological polar surface area (TPSA) is 79.7 Å². The normalized spacial score (nSPS) is 17.1. The van der Waals surface area contributed by atoms with Crippen molar-refractivity contribution in [2.75, 3.05) is 11.5 Å². The molecule has 1 amide bonds. The Labute approximate surface area is 217 Å². The first-order chi connectivity index (χ1) is 17.9. The van der Waals surface area contributed by atoms with Gasteiger partial charge in [-0.2, -0.15) is 0 Å². The van der Waals surface area contributed by atoms with Crippen molar-refractivity contribution in [3.8, 4) is 5.75 Å². The highest BCUT2D eigenvalue weighted by Gasteiger charge is 2.48. The number of aromatic nitrogens is 1. The third-order valence-corrected chi connectivity index (χ3v) is 7.31. The molecular weight excluding hydrogens is 491 g/mol. The summed E-state index contributed by atoms with van der Waals surface area (Å²) in [5.74, 6) is -1.65. The maximum atomic E-state index is 13.8. The summed E-state index contributed by atoms with van der Waals surface area (Å²) >= 11 is 1.12. The van der Waals surface area contributed by atoms with E-state index in [2.05, 4.69) is 4.98 Å². The van der Waals surface area contributed by atoms with Crippen molar-refractivity contribution in [3.63, 3.8) is 0 Å². The first-order valence-electron chi connectivity index (χ1n) is 12.1. The number of nitrogens with zero attached hydrogens (tertiary/aromatic N) is 2. The van der Waals surface area contributed by atoms with E-state index in [0.717, 1.165) is 29.7 Å². The predicted octanol–water partition coefficient (Wildman–Crippen LogP) is 6.41. The molecule has 1 aromatic heterocycles. The number of thiazole rings is 1. The fourth-order valence-electron chi connectivity index (χ4n) is 4.35. The molecule has 5 rings (SSSR count). The van der Waals surface area contributed by atoms with Crippen molar-refractivity contribution >= 4 is 44.1 Å². The lowest BCUT2D eigenvalue weighted by Gasteiger charge is -2.23. The van der Waals surface area contributed by atoms with Gasteiger partial charge in [-0.1, -0.05) is 49.4 Å². The van der Waals surface area contributed by atoms with Crippen LogP contribution in [0.4, 0.5) is 9.52 Å².